The summed E-state index contributed by atoms with van der Waals surface area (Å²) in [5.74, 6) is 1.34. The van der Waals surface area contributed by atoms with E-state index in [9.17, 15) is 4.79 Å². The number of piperidine rings is 1. The molecule has 0 aromatic heterocycles. The molecule has 2 fully saturated rings. The third kappa shape index (κ3) is 2.60. The van der Waals surface area contributed by atoms with Gasteiger partial charge < -0.3 is 10.6 Å². The number of nitrogens with two attached hydrogens (primary N) is 1. The van der Waals surface area contributed by atoms with Crippen molar-refractivity contribution in [2.75, 3.05) is 12.3 Å². The molecule has 2 unspecified atom stereocenters. The second-order valence-electron chi connectivity index (χ2n) is 5.10. The number of likely N-dealkylation sites (tertiary alicyclic amines) is 1. The third-order valence-corrected chi connectivity index (χ3v) is 5.54. The van der Waals surface area contributed by atoms with Crippen molar-refractivity contribution in [3.63, 3.8) is 0 Å². The van der Waals surface area contributed by atoms with E-state index in [0.29, 0.717) is 4.99 Å². The van der Waals surface area contributed by atoms with E-state index in [-0.39, 0.29) is 16.7 Å². The summed E-state index contributed by atoms with van der Waals surface area (Å²) < 4.78 is -0.236. The quantitative estimate of drug-likeness (QED) is 0.780. The molecule has 2 saturated heterocycles. The minimum atomic E-state index is -0.236. The molecule has 3 nitrogen and oxygen atoms in total. The van der Waals surface area contributed by atoms with E-state index >= 15 is 0 Å². The Labute approximate surface area is 112 Å². The van der Waals surface area contributed by atoms with E-state index in [4.69, 9.17) is 18.0 Å². The minimum Gasteiger partial charge on any atom is -0.392 e. The molecule has 17 heavy (non-hydrogen) atoms. The van der Waals surface area contributed by atoms with Gasteiger partial charge in [-0.15, -0.1) is 11.8 Å². The summed E-state index contributed by atoms with van der Waals surface area (Å²) in [6, 6.07) is -0.00993. The summed E-state index contributed by atoms with van der Waals surface area (Å²) in [7, 11) is 0. The molecular weight excluding hydrogens is 252 g/mol. The zero-order valence-electron chi connectivity index (χ0n) is 10.3. The van der Waals surface area contributed by atoms with Gasteiger partial charge in [-0.05, 0) is 44.8 Å². The molecule has 96 valence electrons. The van der Waals surface area contributed by atoms with Crippen LogP contribution in [0.15, 0.2) is 0 Å². The van der Waals surface area contributed by atoms with E-state index in [0.717, 1.165) is 44.4 Å². The highest BCUT2D eigenvalue weighted by molar-refractivity contribution is 8.01. The topological polar surface area (TPSA) is 46.3 Å². The summed E-state index contributed by atoms with van der Waals surface area (Å²) in [4.78, 5) is 15.0. The minimum absolute atomic E-state index is 0.00993. The summed E-state index contributed by atoms with van der Waals surface area (Å²) >= 11 is 6.88. The lowest BCUT2D eigenvalue weighted by Crippen LogP contribution is -2.54. The molecule has 2 N–H and O–H groups in total. The third-order valence-electron chi connectivity index (χ3n) is 3.76. The van der Waals surface area contributed by atoms with Crippen molar-refractivity contribution in [2.45, 2.75) is 49.8 Å². The van der Waals surface area contributed by atoms with Crippen LogP contribution in [0.4, 0.5) is 0 Å². The number of carbonyl (C=O) groups is 1. The van der Waals surface area contributed by atoms with Crippen molar-refractivity contribution in [3.05, 3.63) is 0 Å². The fourth-order valence-corrected chi connectivity index (χ4v) is 4.24. The second-order valence-corrected chi connectivity index (χ2v) is 7.16. The number of rotatable bonds is 2. The lowest BCUT2D eigenvalue weighted by atomic mass is 9.97. The molecule has 2 rings (SSSR count). The standard InChI is InChI=1S/C12H20N2OS2/c1-12(6-4-8-17-12)11(15)14-7-3-2-5-9(14)10(13)16/h9H,2-8H2,1H3,(H2,13,16). The van der Waals surface area contributed by atoms with Gasteiger partial charge in [-0.1, -0.05) is 12.2 Å². The number of thioether (sulfide) groups is 1. The molecule has 0 aliphatic carbocycles. The first-order valence-corrected chi connectivity index (χ1v) is 7.68. The van der Waals surface area contributed by atoms with E-state index in [2.05, 4.69) is 6.92 Å². The molecule has 0 radical (unpaired) electrons. The predicted molar refractivity (Wildman–Crippen MR) is 76.2 cm³/mol. The van der Waals surface area contributed by atoms with Gasteiger partial charge in [-0.25, -0.2) is 0 Å². The van der Waals surface area contributed by atoms with E-state index in [1.165, 1.54) is 0 Å². The van der Waals surface area contributed by atoms with Gasteiger partial charge in [-0.3, -0.25) is 4.79 Å². The maximum Gasteiger partial charge on any atom is 0.239 e. The number of hydrogen-bond acceptors (Lipinski definition) is 3. The lowest BCUT2D eigenvalue weighted by Gasteiger charge is -2.39. The lowest BCUT2D eigenvalue weighted by molar-refractivity contribution is -0.135. The highest BCUT2D eigenvalue weighted by Crippen LogP contribution is 2.40. The van der Waals surface area contributed by atoms with E-state index in [1.807, 2.05) is 4.90 Å². The van der Waals surface area contributed by atoms with Crippen LogP contribution in [0.5, 0.6) is 0 Å². The Balaban J connectivity index is 2.13. The van der Waals surface area contributed by atoms with Gasteiger partial charge >= 0.3 is 0 Å². The molecule has 2 heterocycles. The molecule has 2 aliphatic rings. The van der Waals surface area contributed by atoms with Gasteiger partial charge in [-0.2, -0.15) is 0 Å². The Morgan fingerprint density at radius 3 is 2.82 bits per heavy atom. The van der Waals surface area contributed by atoms with Crippen molar-refractivity contribution >= 4 is 34.9 Å². The van der Waals surface area contributed by atoms with Crippen LogP contribution in [-0.2, 0) is 4.79 Å². The number of thiocarbonyl (C=S) groups is 1. The Hall–Kier alpha value is -0.290. The summed E-state index contributed by atoms with van der Waals surface area (Å²) in [6.45, 7) is 2.88. The monoisotopic (exact) mass is 272 g/mol. The summed E-state index contributed by atoms with van der Waals surface area (Å²) in [5, 5.41) is 0. The van der Waals surface area contributed by atoms with Gasteiger partial charge in [0.2, 0.25) is 5.91 Å². The van der Waals surface area contributed by atoms with Crippen LogP contribution in [0.2, 0.25) is 0 Å². The van der Waals surface area contributed by atoms with Crippen LogP contribution < -0.4 is 5.73 Å². The molecule has 0 spiro atoms. The molecule has 1 amide bonds. The van der Waals surface area contributed by atoms with E-state index in [1.54, 1.807) is 11.8 Å². The molecule has 0 aromatic rings. The Morgan fingerprint density at radius 2 is 2.24 bits per heavy atom. The van der Waals surface area contributed by atoms with Crippen LogP contribution in [0.25, 0.3) is 0 Å². The largest absolute Gasteiger partial charge is 0.392 e. The SMILES string of the molecule is CC1(C(=O)N2CCCCC2C(N)=S)CCCS1. The molecular formula is C12H20N2OS2. The molecule has 2 atom stereocenters. The number of hydrogen-bond donors (Lipinski definition) is 1. The zero-order valence-corrected chi connectivity index (χ0v) is 11.9. The van der Waals surface area contributed by atoms with Crippen molar-refractivity contribution in [1.82, 2.24) is 4.90 Å². The first kappa shape index (κ1) is 13.1. The smallest absolute Gasteiger partial charge is 0.239 e. The van der Waals surface area contributed by atoms with Gasteiger partial charge in [0.1, 0.15) is 0 Å². The maximum absolute atomic E-state index is 12.6. The maximum atomic E-state index is 12.6. The molecule has 2 aliphatic heterocycles. The fraction of sp³-hybridized carbons (Fsp3) is 0.833. The zero-order chi connectivity index (χ0) is 12.5. The Morgan fingerprint density at radius 1 is 1.47 bits per heavy atom. The second kappa shape index (κ2) is 5.14. The summed E-state index contributed by atoms with van der Waals surface area (Å²) in [6.07, 6.45) is 5.25. The van der Waals surface area contributed by atoms with Crippen molar-refractivity contribution < 1.29 is 4.79 Å². The molecule has 0 bridgehead atoms. The highest BCUT2D eigenvalue weighted by atomic mass is 32.2. The van der Waals surface area contributed by atoms with Crippen molar-refractivity contribution in [3.8, 4) is 0 Å². The Bertz CT molecular complexity index is 326. The van der Waals surface area contributed by atoms with Crippen LogP contribution in [0, 0.1) is 0 Å². The van der Waals surface area contributed by atoms with Crippen LogP contribution in [-0.4, -0.2) is 38.9 Å². The molecule has 5 heteroatoms. The van der Waals surface area contributed by atoms with Gasteiger partial charge in [0.25, 0.3) is 0 Å². The number of amides is 1. The van der Waals surface area contributed by atoms with Crippen LogP contribution in [0.3, 0.4) is 0 Å². The predicted octanol–water partition coefficient (Wildman–Crippen LogP) is 1.94. The molecule has 0 saturated carbocycles. The van der Waals surface area contributed by atoms with E-state index < -0.39 is 0 Å². The first-order chi connectivity index (χ1) is 8.04. The average molecular weight is 272 g/mol. The van der Waals surface area contributed by atoms with Crippen LogP contribution in [0.1, 0.15) is 39.0 Å². The average Bonchev–Trinajstić information content (AvgIpc) is 2.76. The summed E-state index contributed by atoms with van der Waals surface area (Å²) in [5.41, 5.74) is 5.77. The van der Waals surface area contributed by atoms with Crippen molar-refractivity contribution in [1.29, 1.82) is 0 Å². The van der Waals surface area contributed by atoms with Gasteiger partial charge in [0, 0.05) is 6.54 Å². The first-order valence-electron chi connectivity index (χ1n) is 6.29. The highest BCUT2D eigenvalue weighted by Gasteiger charge is 2.42. The Kier molecular flexibility index (Phi) is 3.98. The van der Waals surface area contributed by atoms with Gasteiger partial charge in [0.15, 0.2) is 0 Å². The number of carbonyl (C=O) groups excluding carboxylic acids is 1. The fourth-order valence-electron chi connectivity index (χ4n) is 2.72. The van der Waals surface area contributed by atoms with Crippen LogP contribution >= 0.6 is 24.0 Å². The molecule has 0 aromatic carbocycles. The van der Waals surface area contributed by atoms with Gasteiger partial charge in [0.05, 0.1) is 15.8 Å². The number of nitrogens with zero attached hydrogens (tertiary/aromatic N) is 1. The normalized spacial score (nSPS) is 33.7. The van der Waals surface area contributed by atoms with Crippen molar-refractivity contribution in [2.24, 2.45) is 5.73 Å².